The first-order valence-electron chi connectivity index (χ1n) is 7.10. The highest BCUT2D eigenvalue weighted by Gasteiger charge is 2.06. The highest BCUT2D eigenvalue weighted by molar-refractivity contribution is 9.10. The summed E-state index contributed by atoms with van der Waals surface area (Å²) in [5.41, 5.74) is 7.30. The Morgan fingerprint density at radius 2 is 1.78 bits per heavy atom. The molecule has 3 heteroatoms. The van der Waals surface area contributed by atoms with Gasteiger partial charge in [-0.25, -0.2) is 0 Å². The molecule has 0 amide bonds. The average molecular weight is 313 g/mol. The Hall–Kier alpha value is -0.410. The Labute approximate surface area is 120 Å². The smallest absolute Gasteiger partial charge is 0.0410 e. The maximum absolute atomic E-state index is 6.17. The van der Waals surface area contributed by atoms with E-state index in [1.165, 1.54) is 44.9 Å². The summed E-state index contributed by atoms with van der Waals surface area (Å²) in [5.74, 6) is 0. The third-order valence-corrected chi connectivity index (χ3v) is 3.71. The van der Waals surface area contributed by atoms with Gasteiger partial charge in [-0.15, -0.1) is 0 Å². The molecule has 0 radical (unpaired) electrons. The lowest BCUT2D eigenvalue weighted by Crippen LogP contribution is -2.10. The van der Waals surface area contributed by atoms with Crippen LogP contribution in [0.5, 0.6) is 0 Å². The number of hydrogen-bond donors (Lipinski definition) is 1. The number of unbranched alkanes of at least 4 members (excludes halogenated alkanes) is 6. The summed E-state index contributed by atoms with van der Waals surface area (Å²) in [6.07, 6.45) is 14.1. The van der Waals surface area contributed by atoms with Crippen LogP contribution in [0.3, 0.4) is 0 Å². The molecule has 1 heterocycles. The van der Waals surface area contributed by atoms with Gasteiger partial charge in [-0.05, 0) is 34.0 Å². The summed E-state index contributed by atoms with van der Waals surface area (Å²) < 4.78 is 1.01. The molecule has 1 atom stereocenters. The molecule has 2 N–H and O–H groups in total. The Morgan fingerprint density at radius 3 is 2.44 bits per heavy atom. The Kier molecular flexibility index (Phi) is 8.27. The summed E-state index contributed by atoms with van der Waals surface area (Å²) in [6, 6.07) is 2.20. The molecule has 1 rings (SSSR count). The summed E-state index contributed by atoms with van der Waals surface area (Å²) in [6.45, 7) is 2.26. The minimum atomic E-state index is 0.130. The van der Waals surface area contributed by atoms with Crippen LogP contribution in [0.15, 0.2) is 22.9 Å². The molecule has 102 valence electrons. The second kappa shape index (κ2) is 9.51. The zero-order valence-corrected chi connectivity index (χ0v) is 13.0. The second-order valence-electron chi connectivity index (χ2n) is 4.95. The molecule has 1 aromatic heterocycles. The molecule has 0 bridgehead atoms. The SMILES string of the molecule is CCCCCCCCCC(N)c1cncc(Br)c1. The van der Waals surface area contributed by atoms with E-state index in [2.05, 4.69) is 33.9 Å². The zero-order chi connectivity index (χ0) is 13.2. The van der Waals surface area contributed by atoms with E-state index in [9.17, 15) is 0 Å². The lowest BCUT2D eigenvalue weighted by atomic mass is 10.0. The quantitative estimate of drug-likeness (QED) is 0.653. The predicted octanol–water partition coefficient (Wildman–Crippen LogP) is 4.98. The van der Waals surface area contributed by atoms with Crippen molar-refractivity contribution in [2.24, 2.45) is 5.73 Å². The van der Waals surface area contributed by atoms with Gasteiger partial charge in [-0.3, -0.25) is 4.98 Å². The summed E-state index contributed by atoms with van der Waals surface area (Å²) >= 11 is 3.43. The van der Waals surface area contributed by atoms with Crippen molar-refractivity contribution in [3.05, 3.63) is 28.5 Å². The van der Waals surface area contributed by atoms with Crippen molar-refractivity contribution in [3.63, 3.8) is 0 Å². The Bertz CT molecular complexity index is 328. The van der Waals surface area contributed by atoms with Crippen LogP contribution in [-0.2, 0) is 0 Å². The van der Waals surface area contributed by atoms with Gasteiger partial charge < -0.3 is 5.73 Å². The van der Waals surface area contributed by atoms with E-state index in [4.69, 9.17) is 5.73 Å². The van der Waals surface area contributed by atoms with Crippen LogP contribution < -0.4 is 5.73 Å². The van der Waals surface area contributed by atoms with Crippen molar-refractivity contribution >= 4 is 15.9 Å². The van der Waals surface area contributed by atoms with E-state index in [1.54, 1.807) is 6.20 Å². The van der Waals surface area contributed by atoms with Crippen LogP contribution in [0, 0.1) is 0 Å². The fraction of sp³-hybridized carbons (Fsp3) is 0.667. The van der Waals surface area contributed by atoms with Gasteiger partial charge in [0, 0.05) is 22.9 Å². The Morgan fingerprint density at radius 1 is 1.11 bits per heavy atom. The first kappa shape index (κ1) is 15.6. The molecular formula is C15H25BrN2. The van der Waals surface area contributed by atoms with Crippen molar-refractivity contribution in [1.29, 1.82) is 0 Å². The van der Waals surface area contributed by atoms with E-state index in [1.807, 2.05) is 6.20 Å². The first-order valence-corrected chi connectivity index (χ1v) is 7.89. The fourth-order valence-corrected chi connectivity index (χ4v) is 2.50. The van der Waals surface area contributed by atoms with Crippen molar-refractivity contribution in [3.8, 4) is 0 Å². The molecule has 1 unspecified atom stereocenters. The maximum Gasteiger partial charge on any atom is 0.0410 e. The van der Waals surface area contributed by atoms with Crippen molar-refractivity contribution < 1.29 is 0 Å². The van der Waals surface area contributed by atoms with Gasteiger partial charge in [0.1, 0.15) is 0 Å². The van der Waals surface area contributed by atoms with E-state index in [-0.39, 0.29) is 6.04 Å². The van der Waals surface area contributed by atoms with Crippen molar-refractivity contribution in [2.75, 3.05) is 0 Å². The molecule has 1 aromatic rings. The predicted molar refractivity (Wildman–Crippen MR) is 81.5 cm³/mol. The van der Waals surface area contributed by atoms with Gasteiger partial charge >= 0.3 is 0 Å². The molecule has 0 aromatic carbocycles. The number of pyridine rings is 1. The molecule has 2 nitrogen and oxygen atoms in total. The fourth-order valence-electron chi connectivity index (χ4n) is 2.12. The molecule has 0 aliphatic carbocycles. The van der Waals surface area contributed by atoms with E-state index < -0.39 is 0 Å². The maximum atomic E-state index is 6.17. The molecule has 18 heavy (non-hydrogen) atoms. The molecule has 0 saturated carbocycles. The van der Waals surface area contributed by atoms with Crippen LogP contribution in [0.2, 0.25) is 0 Å². The van der Waals surface area contributed by atoms with Gasteiger partial charge in [-0.1, -0.05) is 51.9 Å². The number of nitrogens with zero attached hydrogens (tertiary/aromatic N) is 1. The summed E-state index contributed by atoms with van der Waals surface area (Å²) in [7, 11) is 0. The van der Waals surface area contributed by atoms with Crippen LogP contribution in [0.4, 0.5) is 0 Å². The monoisotopic (exact) mass is 312 g/mol. The van der Waals surface area contributed by atoms with Gasteiger partial charge in [0.15, 0.2) is 0 Å². The van der Waals surface area contributed by atoms with Crippen LogP contribution in [0.1, 0.15) is 69.9 Å². The van der Waals surface area contributed by atoms with Crippen molar-refractivity contribution in [2.45, 2.75) is 64.3 Å². The highest BCUT2D eigenvalue weighted by Crippen LogP contribution is 2.20. The number of aromatic nitrogens is 1. The van der Waals surface area contributed by atoms with E-state index in [0.717, 1.165) is 16.5 Å². The molecule has 0 aliphatic rings. The second-order valence-corrected chi connectivity index (χ2v) is 5.87. The van der Waals surface area contributed by atoms with Gasteiger partial charge in [0.2, 0.25) is 0 Å². The largest absolute Gasteiger partial charge is 0.324 e. The van der Waals surface area contributed by atoms with Crippen LogP contribution >= 0.6 is 15.9 Å². The van der Waals surface area contributed by atoms with Crippen LogP contribution in [-0.4, -0.2) is 4.98 Å². The zero-order valence-electron chi connectivity index (χ0n) is 11.4. The minimum absolute atomic E-state index is 0.130. The normalized spacial score (nSPS) is 12.6. The van der Waals surface area contributed by atoms with Gasteiger partial charge in [0.05, 0.1) is 0 Å². The topological polar surface area (TPSA) is 38.9 Å². The summed E-state index contributed by atoms with van der Waals surface area (Å²) in [4.78, 5) is 4.16. The lowest BCUT2D eigenvalue weighted by molar-refractivity contribution is 0.540. The summed E-state index contributed by atoms with van der Waals surface area (Å²) in [5, 5.41) is 0. The third-order valence-electron chi connectivity index (χ3n) is 3.27. The number of halogens is 1. The standard InChI is InChI=1S/C15H25BrN2/c1-2-3-4-5-6-7-8-9-15(17)13-10-14(16)12-18-11-13/h10-12,15H,2-9,17H2,1H3. The molecule has 0 saturated heterocycles. The van der Waals surface area contributed by atoms with Crippen LogP contribution in [0.25, 0.3) is 0 Å². The molecule has 0 fully saturated rings. The first-order chi connectivity index (χ1) is 8.74. The minimum Gasteiger partial charge on any atom is -0.324 e. The Balaban J connectivity index is 2.12. The lowest BCUT2D eigenvalue weighted by Gasteiger charge is -2.11. The van der Waals surface area contributed by atoms with Gasteiger partial charge in [0.25, 0.3) is 0 Å². The molecular weight excluding hydrogens is 288 g/mol. The van der Waals surface area contributed by atoms with Gasteiger partial charge in [-0.2, -0.15) is 0 Å². The third kappa shape index (κ3) is 6.50. The number of rotatable bonds is 9. The molecule has 0 spiro atoms. The average Bonchev–Trinajstić information content (AvgIpc) is 2.37. The number of hydrogen-bond acceptors (Lipinski definition) is 2. The van der Waals surface area contributed by atoms with E-state index in [0.29, 0.717) is 0 Å². The highest BCUT2D eigenvalue weighted by atomic mass is 79.9. The van der Waals surface area contributed by atoms with Crippen molar-refractivity contribution in [1.82, 2.24) is 4.98 Å². The van der Waals surface area contributed by atoms with E-state index >= 15 is 0 Å². The number of nitrogens with two attached hydrogens (primary N) is 1. The molecule has 0 aliphatic heterocycles.